The Balaban J connectivity index is 2.03. The second-order valence-electron chi connectivity index (χ2n) is 7.51. The van der Waals surface area contributed by atoms with Crippen LogP contribution in [-0.4, -0.2) is 40.2 Å². The van der Waals surface area contributed by atoms with Crippen molar-refractivity contribution in [1.82, 2.24) is 0 Å². The molecule has 2 aromatic carbocycles. The molecule has 0 fully saturated rings. The molecule has 162 valence electrons. The Morgan fingerprint density at radius 1 is 1.19 bits per heavy atom. The number of hydrogen-bond donors (Lipinski definition) is 3. The minimum atomic E-state index is -1.54. The minimum Gasteiger partial charge on any atom is -0.507 e. The first-order valence-electron chi connectivity index (χ1n) is 9.34. The standard InChI is InChI=1S/C22H20O9/c1-9-7-13-11(5-6-22(3,27)31-13)18-14(9)21(26)30-17-10(2)15(20(24)25)16(23)12(8-28-4)19(17)29-18/h5-7,23,27H,8H2,1-4H3,(H,24,25). The molecule has 1 unspecified atom stereocenters. The quantitative estimate of drug-likeness (QED) is 0.498. The fourth-order valence-corrected chi connectivity index (χ4v) is 3.74. The minimum absolute atomic E-state index is 0.0177. The summed E-state index contributed by atoms with van der Waals surface area (Å²) in [6, 6.07) is 1.58. The number of aryl methyl sites for hydroxylation is 1. The lowest BCUT2D eigenvalue weighted by Crippen LogP contribution is -2.31. The number of carboxylic acids is 1. The van der Waals surface area contributed by atoms with Gasteiger partial charge in [-0.05, 0) is 37.6 Å². The van der Waals surface area contributed by atoms with Crippen molar-refractivity contribution in [2.75, 3.05) is 7.11 Å². The number of aromatic hydroxyl groups is 1. The van der Waals surface area contributed by atoms with Crippen molar-refractivity contribution in [1.29, 1.82) is 0 Å². The van der Waals surface area contributed by atoms with Gasteiger partial charge in [0.05, 0.1) is 17.7 Å². The number of carbonyl (C=O) groups excluding carboxylic acids is 1. The van der Waals surface area contributed by atoms with Crippen LogP contribution in [0.4, 0.5) is 0 Å². The molecule has 31 heavy (non-hydrogen) atoms. The second kappa shape index (κ2) is 7.00. The number of aromatic carboxylic acids is 1. The predicted molar refractivity (Wildman–Crippen MR) is 107 cm³/mol. The number of hydrogen-bond acceptors (Lipinski definition) is 8. The van der Waals surface area contributed by atoms with E-state index in [0.29, 0.717) is 11.1 Å². The van der Waals surface area contributed by atoms with Crippen LogP contribution in [0.2, 0.25) is 0 Å². The van der Waals surface area contributed by atoms with E-state index in [1.165, 1.54) is 27.0 Å². The molecule has 0 saturated heterocycles. The summed E-state index contributed by atoms with van der Waals surface area (Å²) in [4.78, 5) is 24.8. The highest BCUT2D eigenvalue weighted by Gasteiger charge is 2.37. The molecule has 9 heteroatoms. The number of esters is 1. The highest BCUT2D eigenvalue weighted by molar-refractivity contribution is 6.01. The zero-order valence-electron chi connectivity index (χ0n) is 17.2. The number of fused-ring (bicyclic) bond motifs is 4. The van der Waals surface area contributed by atoms with E-state index in [2.05, 4.69) is 0 Å². The third kappa shape index (κ3) is 3.18. The van der Waals surface area contributed by atoms with E-state index >= 15 is 0 Å². The van der Waals surface area contributed by atoms with Crippen molar-refractivity contribution in [3.8, 4) is 28.7 Å². The summed E-state index contributed by atoms with van der Waals surface area (Å²) in [7, 11) is 1.37. The Labute approximate surface area is 177 Å². The highest BCUT2D eigenvalue weighted by atomic mass is 16.6. The zero-order chi connectivity index (χ0) is 22.7. The SMILES string of the molecule is COCc1c(O)c(C(=O)O)c(C)c2c1Oc1c3c(cc(C)c1C(=O)O2)OC(C)(O)C=C3. The van der Waals surface area contributed by atoms with Crippen LogP contribution in [0.3, 0.4) is 0 Å². The fourth-order valence-electron chi connectivity index (χ4n) is 3.74. The first-order chi connectivity index (χ1) is 14.6. The molecule has 0 aliphatic carbocycles. The van der Waals surface area contributed by atoms with Gasteiger partial charge < -0.3 is 34.3 Å². The van der Waals surface area contributed by atoms with E-state index in [0.717, 1.165) is 0 Å². The van der Waals surface area contributed by atoms with E-state index in [9.17, 15) is 24.9 Å². The van der Waals surface area contributed by atoms with Gasteiger partial charge in [-0.15, -0.1) is 0 Å². The Hall–Kier alpha value is -3.56. The van der Waals surface area contributed by atoms with Crippen molar-refractivity contribution in [3.63, 3.8) is 0 Å². The lowest BCUT2D eigenvalue weighted by molar-refractivity contribution is -0.0789. The predicted octanol–water partition coefficient (Wildman–Crippen LogP) is 3.29. The Bertz CT molecular complexity index is 1170. The molecule has 0 saturated carbocycles. The van der Waals surface area contributed by atoms with E-state index in [4.69, 9.17) is 18.9 Å². The van der Waals surface area contributed by atoms with Crippen LogP contribution in [-0.2, 0) is 11.3 Å². The number of aliphatic hydroxyl groups is 1. The molecule has 0 aromatic heterocycles. The summed E-state index contributed by atoms with van der Waals surface area (Å²) >= 11 is 0. The van der Waals surface area contributed by atoms with Crippen LogP contribution in [0.25, 0.3) is 6.08 Å². The molecular formula is C22H20O9. The Morgan fingerprint density at radius 2 is 1.90 bits per heavy atom. The second-order valence-corrected chi connectivity index (χ2v) is 7.51. The lowest BCUT2D eigenvalue weighted by Gasteiger charge is -2.28. The van der Waals surface area contributed by atoms with Crippen molar-refractivity contribution >= 4 is 18.0 Å². The number of rotatable bonds is 3. The molecule has 3 N–H and O–H groups in total. The lowest BCUT2D eigenvalue weighted by atomic mass is 9.99. The van der Waals surface area contributed by atoms with Gasteiger partial charge in [-0.25, -0.2) is 9.59 Å². The van der Waals surface area contributed by atoms with Gasteiger partial charge in [0, 0.05) is 19.6 Å². The maximum absolute atomic E-state index is 13.0. The number of carboxylic acid groups (broad SMARTS) is 1. The van der Waals surface area contributed by atoms with Gasteiger partial charge in [-0.1, -0.05) is 0 Å². The van der Waals surface area contributed by atoms with E-state index in [-0.39, 0.29) is 46.3 Å². The molecule has 1 atom stereocenters. The van der Waals surface area contributed by atoms with Crippen LogP contribution < -0.4 is 14.2 Å². The average Bonchev–Trinajstić information content (AvgIpc) is 2.81. The van der Waals surface area contributed by atoms with Crippen LogP contribution in [0.1, 0.15) is 49.9 Å². The van der Waals surface area contributed by atoms with Crippen LogP contribution in [0.5, 0.6) is 28.7 Å². The van der Waals surface area contributed by atoms with Crippen LogP contribution in [0.15, 0.2) is 12.1 Å². The molecule has 0 bridgehead atoms. The summed E-state index contributed by atoms with van der Waals surface area (Å²) in [6.45, 7) is 4.33. The number of ether oxygens (including phenoxy) is 4. The number of methoxy groups -OCH3 is 1. The molecular weight excluding hydrogens is 408 g/mol. The fraction of sp³-hybridized carbons (Fsp3) is 0.273. The van der Waals surface area contributed by atoms with Gasteiger partial charge in [0.1, 0.15) is 22.6 Å². The maximum atomic E-state index is 13.0. The van der Waals surface area contributed by atoms with E-state index < -0.39 is 29.0 Å². The average molecular weight is 428 g/mol. The number of benzene rings is 2. The normalized spacial score (nSPS) is 18.7. The van der Waals surface area contributed by atoms with Gasteiger partial charge in [0.2, 0.25) is 5.79 Å². The molecule has 2 aliphatic heterocycles. The van der Waals surface area contributed by atoms with E-state index in [1.54, 1.807) is 19.1 Å². The number of phenols is 1. The third-order valence-corrected chi connectivity index (χ3v) is 5.18. The highest BCUT2D eigenvalue weighted by Crippen LogP contribution is 2.51. The van der Waals surface area contributed by atoms with Gasteiger partial charge >= 0.3 is 11.9 Å². The Kier molecular flexibility index (Phi) is 4.68. The van der Waals surface area contributed by atoms with Crippen molar-refractivity contribution in [3.05, 3.63) is 45.5 Å². The van der Waals surface area contributed by atoms with Gasteiger partial charge in [-0.3, -0.25) is 0 Å². The summed E-state index contributed by atoms with van der Waals surface area (Å²) in [5.74, 6) is -3.99. The number of carbonyl (C=O) groups is 2. The Morgan fingerprint density at radius 3 is 2.55 bits per heavy atom. The van der Waals surface area contributed by atoms with Crippen LogP contribution in [0, 0.1) is 13.8 Å². The van der Waals surface area contributed by atoms with Crippen LogP contribution >= 0.6 is 0 Å². The third-order valence-electron chi connectivity index (χ3n) is 5.18. The first kappa shape index (κ1) is 20.7. The first-order valence-corrected chi connectivity index (χ1v) is 9.34. The topological polar surface area (TPSA) is 132 Å². The van der Waals surface area contributed by atoms with Crippen molar-refractivity contribution < 1.29 is 43.9 Å². The molecule has 4 rings (SSSR count). The van der Waals surface area contributed by atoms with Gasteiger partial charge in [0.25, 0.3) is 0 Å². The molecule has 2 heterocycles. The summed E-state index contributed by atoms with van der Waals surface area (Å²) in [6.07, 6.45) is 2.96. The van der Waals surface area contributed by atoms with Gasteiger partial charge in [0.15, 0.2) is 17.2 Å². The van der Waals surface area contributed by atoms with Gasteiger partial charge in [-0.2, -0.15) is 0 Å². The van der Waals surface area contributed by atoms with Crippen molar-refractivity contribution in [2.24, 2.45) is 0 Å². The summed E-state index contributed by atoms with van der Waals surface area (Å²) in [5, 5.41) is 30.4. The largest absolute Gasteiger partial charge is 0.507 e. The molecule has 0 amide bonds. The van der Waals surface area contributed by atoms with Crippen molar-refractivity contribution in [2.45, 2.75) is 33.2 Å². The molecule has 2 aromatic rings. The summed E-state index contributed by atoms with van der Waals surface area (Å²) in [5.41, 5.74) is 0.604. The maximum Gasteiger partial charge on any atom is 0.347 e. The molecule has 0 radical (unpaired) electrons. The monoisotopic (exact) mass is 428 g/mol. The summed E-state index contributed by atoms with van der Waals surface area (Å²) < 4.78 is 22.4. The molecule has 9 nitrogen and oxygen atoms in total. The molecule has 2 aliphatic rings. The smallest absolute Gasteiger partial charge is 0.347 e. The zero-order valence-corrected chi connectivity index (χ0v) is 17.2. The molecule has 0 spiro atoms. The van der Waals surface area contributed by atoms with E-state index in [1.807, 2.05) is 0 Å².